The Bertz CT molecular complexity index is 425. The van der Waals surface area contributed by atoms with E-state index in [0.29, 0.717) is 5.56 Å². The van der Waals surface area contributed by atoms with Crippen LogP contribution in [0.1, 0.15) is 24.2 Å². The molecule has 0 N–H and O–H groups in total. The highest BCUT2D eigenvalue weighted by Crippen LogP contribution is 2.02. The summed E-state index contributed by atoms with van der Waals surface area (Å²) in [6.45, 7) is 3.31. The van der Waals surface area contributed by atoms with Crippen LogP contribution in [0, 0.1) is 0 Å². The van der Waals surface area contributed by atoms with Crippen LogP contribution in [-0.2, 0) is 9.57 Å². The quantitative estimate of drug-likeness (QED) is 0.264. The normalized spacial score (nSPS) is 10.8. The number of hydrogen-bond donors (Lipinski definition) is 0. The zero-order chi connectivity index (χ0) is 12.7. The molecule has 0 radical (unpaired) electrons. The fraction of sp³-hybridized carbons (Fsp3) is 0.250. The summed E-state index contributed by atoms with van der Waals surface area (Å²) in [5.41, 5.74) is 0.575. The van der Waals surface area contributed by atoms with E-state index < -0.39 is 6.16 Å². The molecule has 0 aromatic heterocycles. The highest BCUT2D eigenvalue weighted by molar-refractivity contribution is 6.45. The van der Waals surface area contributed by atoms with Crippen molar-refractivity contribution < 1.29 is 19.2 Å². The van der Waals surface area contributed by atoms with Crippen molar-refractivity contribution in [2.24, 2.45) is 5.16 Å². The van der Waals surface area contributed by atoms with Crippen LogP contribution in [0.15, 0.2) is 35.5 Å². The van der Waals surface area contributed by atoms with E-state index in [0.717, 1.165) is 0 Å². The Kier molecular flexibility index (Phi) is 4.87. The van der Waals surface area contributed by atoms with Gasteiger partial charge < -0.3 is 4.74 Å². The number of carbonyl (C=O) groups is 2. The molecule has 1 rings (SSSR count). The van der Waals surface area contributed by atoms with Gasteiger partial charge in [-0.3, -0.25) is 9.63 Å². The minimum Gasteiger partial charge on any atom is -0.433 e. The first-order valence-corrected chi connectivity index (χ1v) is 5.13. The highest BCUT2D eigenvalue weighted by Gasteiger charge is 2.10. The van der Waals surface area contributed by atoms with Gasteiger partial charge in [-0.15, -0.1) is 0 Å². The zero-order valence-corrected chi connectivity index (χ0v) is 9.67. The Morgan fingerprint density at radius 2 is 1.88 bits per heavy atom. The molecule has 5 heteroatoms. The molecule has 0 atom stereocenters. The lowest BCUT2D eigenvalue weighted by molar-refractivity contribution is 0.0610. The van der Waals surface area contributed by atoms with E-state index in [1.807, 2.05) is 0 Å². The third kappa shape index (κ3) is 4.06. The Hall–Kier alpha value is -2.17. The first-order valence-electron chi connectivity index (χ1n) is 5.13. The molecular formula is C12H13NO4. The molecule has 90 valence electrons. The predicted octanol–water partition coefficient (Wildman–Crippen LogP) is 2.42. The van der Waals surface area contributed by atoms with Crippen LogP contribution in [0.5, 0.6) is 0 Å². The second-order valence-corrected chi connectivity index (χ2v) is 3.15. The van der Waals surface area contributed by atoms with Crippen LogP contribution in [0.25, 0.3) is 0 Å². The van der Waals surface area contributed by atoms with Crippen LogP contribution in [0.3, 0.4) is 0 Å². The minimum atomic E-state index is -0.923. The van der Waals surface area contributed by atoms with Gasteiger partial charge in [-0.2, -0.15) is 0 Å². The monoisotopic (exact) mass is 235 g/mol. The maximum atomic E-state index is 11.8. The third-order valence-corrected chi connectivity index (χ3v) is 1.88. The van der Waals surface area contributed by atoms with Gasteiger partial charge >= 0.3 is 6.16 Å². The van der Waals surface area contributed by atoms with Crippen molar-refractivity contribution >= 4 is 17.7 Å². The second-order valence-electron chi connectivity index (χ2n) is 3.15. The second kappa shape index (κ2) is 6.42. The average Bonchev–Trinajstić information content (AvgIpc) is 2.36. The number of Topliss-reactive ketones (excluding diaryl/α,β-unsaturated/α-hetero) is 1. The summed E-state index contributed by atoms with van der Waals surface area (Å²) >= 11 is 0. The van der Waals surface area contributed by atoms with Crippen LogP contribution in [-0.4, -0.2) is 24.3 Å². The molecule has 17 heavy (non-hydrogen) atoms. The summed E-state index contributed by atoms with van der Waals surface area (Å²) < 4.78 is 4.50. The van der Waals surface area contributed by atoms with Crippen molar-refractivity contribution in [2.75, 3.05) is 6.61 Å². The maximum absolute atomic E-state index is 11.8. The Labute approximate surface area is 99.0 Å². The first-order chi connectivity index (χ1) is 8.15. The molecule has 0 aliphatic heterocycles. The van der Waals surface area contributed by atoms with E-state index in [9.17, 15) is 9.59 Å². The summed E-state index contributed by atoms with van der Waals surface area (Å²) in [5, 5.41) is 3.41. The molecule has 0 spiro atoms. The lowest BCUT2D eigenvalue weighted by Crippen LogP contribution is -2.12. The number of ether oxygens (including phenoxy) is 1. The first kappa shape index (κ1) is 12.9. The van der Waals surface area contributed by atoms with Crippen LogP contribution < -0.4 is 0 Å². The molecule has 1 aromatic carbocycles. The molecule has 0 saturated heterocycles. The van der Waals surface area contributed by atoms with Crippen molar-refractivity contribution in [1.29, 1.82) is 0 Å². The number of nitrogens with zero attached hydrogens (tertiary/aromatic N) is 1. The summed E-state index contributed by atoms with van der Waals surface area (Å²) in [6.07, 6.45) is -0.923. The van der Waals surface area contributed by atoms with Gasteiger partial charge in [0.25, 0.3) is 0 Å². The number of hydrogen-bond acceptors (Lipinski definition) is 5. The number of oxime groups is 1. The molecule has 0 bridgehead atoms. The molecule has 0 heterocycles. The molecule has 0 fully saturated rings. The van der Waals surface area contributed by atoms with Gasteiger partial charge in [0.15, 0.2) is 0 Å². The number of ketones is 1. The van der Waals surface area contributed by atoms with Gasteiger partial charge in [0, 0.05) is 5.56 Å². The fourth-order valence-corrected chi connectivity index (χ4v) is 1.09. The fourth-order valence-electron chi connectivity index (χ4n) is 1.09. The topological polar surface area (TPSA) is 65.0 Å². The largest absolute Gasteiger partial charge is 0.535 e. The number of rotatable bonds is 4. The summed E-state index contributed by atoms with van der Waals surface area (Å²) in [5.74, 6) is -0.296. The molecular weight excluding hydrogens is 222 g/mol. The maximum Gasteiger partial charge on any atom is 0.535 e. The molecule has 5 nitrogen and oxygen atoms in total. The standard InChI is InChI=1S/C12H13NO4/c1-3-16-12(15)17-13-9(2)11(14)10-7-5-4-6-8-10/h4-8H,3H2,1-2H3. The van der Waals surface area contributed by atoms with Gasteiger partial charge in [-0.25, -0.2) is 4.79 Å². The van der Waals surface area contributed by atoms with Crippen molar-refractivity contribution in [3.05, 3.63) is 35.9 Å². The molecule has 0 amide bonds. The molecule has 0 aliphatic carbocycles. The molecule has 0 unspecified atom stereocenters. The highest BCUT2D eigenvalue weighted by atomic mass is 16.8. The van der Waals surface area contributed by atoms with E-state index >= 15 is 0 Å². The smallest absolute Gasteiger partial charge is 0.433 e. The van der Waals surface area contributed by atoms with E-state index in [2.05, 4.69) is 14.7 Å². The van der Waals surface area contributed by atoms with Crippen LogP contribution >= 0.6 is 0 Å². The number of carbonyl (C=O) groups excluding carboxylic acids is 2. The molecule has 0 aliphatic rings. The Morgan fingerprint density at radius 1 is 1.24 bits per heavy atom. The SMILES string of the molecule is CCOC(=O)ON=C(C)C(=O)c1ccccc1. The van der Waals surface area contributed by atoms with E-state index in [1.165, 1.54) is 6.92 Å². The third-order valence-electron chi connectivity index (χ3n) is 1.88. The predicted molar refractivity (Wildman–Crippen MR) is 62.0 cm³/mol. The Balaban J connectivity index is 2.64. The Morgan fingerprint density at radius 3 is 2.47 bits per heavy atom. The van der Waals surface area contributed by atoms with E-state index in [4.69, 9.17) is 0 Å². The summed E-state index contributed by atoms with van der Waals surface area (Å²) in [7, 11) is 0. The van der Waals surface area contributed by atoms with Gasteiger partial charge in [0.05, 0.1) is 6.61 Å². The van der Waals surface area contributed by atoms with Crippen LogP contribution in [0.2, 0.25) is 0 Å². The van der Waals surface area contributed by atoms with E-state index in [-0.39, 0.29) is 18.1 Å². The summed E-state index contributed by atoms with van der Waals surface area (Å²) in [4.78, 5) is 27.0. The van der Waals surface area contributed by atoms with E-state index in [1.54, 1.807) is 37.3 Å². The van der Waals surface area contributed by atoms with Crippen molar-refractivity contribution in [3.63, 3.8) is 0 Å². The van der Waals surface area contributed by atoms with Crippen molar-refractivity contribution in [3.8, 4) is 0 Å². The number of benzene rings is 1. The van der Waals surface area contributed by atoms with Crippen molar-refractivity contribution in [1.82, 2.24) is 0 Å². The lowest BCUT2D eigenvalue weighted by atomic mass is 10.1. The molecule has 0 saturated carbocycles. The van der Waals surface area contributed by atoms with Crippen molar-refractivity contribution in [2.45, 2.75) is 13.8 Å². The van der Waals surface area contributed by atoms with Gasteiger partial charge in [-0.05, 0) is 13.8 Å². The van der Waals surface area contributed by atoms with Gasteiger partial charge in [0.1, 0.15) is 5.71 Å². The average molecular weight is 235 g/mol. The van der Waals surface area contributed by atoms with Gasteiger partial charge in [-0.1, -0.05) is 35.5 Å². The summed E-state index contributed by atoms with van der Waals surface area (Å²) in [6, 6.07) is 8.61. The van der Waals surface area contributed by atoms with Crippen LogP contribution in [0.4, 0.5) is 4.79 Å². The minimum absolute atomic E-state index is 0.0873. The van der Waals surface area contributed by atoms with Gasteiger partial charge in [0.2, 0.25) is 5.78 Å². The lowest BCUT2D eigenvalue weighted by Gasteiger charge is -2.00. The molecule has 1 aromatic rings. The zero-order valence-electron chi connectivity index (χ0n) is 9.67.